The van der Waals surface area contributed by atoms with Gasteiger partial charge in [-0.1, -0.05) is 74.9 Å². The summed E-state index contributed by atoms with van der Waals surface area (Å²) in [7, 11) is 0. The number of benzene rings is 2. The van der Waals surface area contributed by atoms with Crippen molar-refractivity contribution in [2.24, 2.45) is 11.8 Å². The average Bonchev–Trinajstić information content (AvgIpc) is 2.76. The highest BCUT2D eigenvalue weighted by molar-refractivity contribution is 5.86. The van der Waals surface area contributed by atoms with Crippen molar-refractivity contribution >= 4 is 35.6 Å². The topological polar surface area (TPSA) is 24.1 Å². The number of rotatable bonds is 8. The van der Waals surface area contributed by atoms with Gasteiger partial charge in [0.25, 0.3) is 0 Å². The second kappa shape index (κ2) is 13.6. The molecule has 0 bridgehead atoms. The molecule has 4 heteroatoms. The van der Waals surface area contributed by atoms with Gasteiger partial charge in [0.05, 0.1) is 0 Å². The minimum atomic E-state index is 0. The Hall–Kier alpha value is -0.800. The Kier molecular flexibility index (Phi) is 11.5. The highest BCUT2D eigenvalue weighted by Crippen LogP contribution is 2.26. The van der Waals surface area contributed by atoms with Gasteiger partial charge >= 0.3 is 0 Å². The molecule has 0 atom stereocenters. The first kappa shape index (κ1) is 25.5. The van der Waals surface area contributed by atoms with E-state index in [1.165, 1.54) is 99.2 Å². The summed E-state index contributed by atoms with van der Waals surface area (Å²) < 4.78 is 0. The molecule has 0 unspecified atom stereocenters. The standard InChI is InChI=1S/C26H38N2.2ClH/c1-3-9-21(10-4-1)17-27-19-24-16-15-23-13-7-8-14-25(23)26(24)20-28-18-22-11-5-2-6-12-22;;/h7-8,13-16,21-22,27-28H,1-6,9-12,17-20H2;2*1H. The molecule has 4 rings (SSSR count). The molecule has 0 amide bonds. The van der Waals surface area contributed by atoms with Crippen LogP contribution in [0.5, 0.6) is 0 Å². The molecule has 0 heterocycles. The van der Waals surface area contributed by atoms with Gasteiger partial charge in [-0.05, 0) is 72.5 Å². The smallest absolute Gasteiger partial charge is 0.0215 e. The summed E-state index contributed by atoms with van der Waals surface area (Å²) in [6, 6.07) is 13.6. The van der Waals surface area contributed by atoms with E-state index in [9.17, 15) is 0 Å². The van der Waals surface area contributed by atoms with E-state index < -0.39 is 0 Å². The summed E-state index contributed by atoms with van der Waals surface area (Å²) in [5.41, 5.74) is 2.98. The largest absolute Gasteiger partial charge is 0.312 e. The molecule has 30 heavy (non-hydrogen) atoms. The molecule has 2 nitrogen and oxygen atoms in total. The number of hydrogen-bond donors (Lipinski definition) is 2. The summed E-state index contributed by atoms with van der Waals surface area (Å²) in [6.07, 6.45) is 14.3. The summed E-state index contributed by atoms with van der Waals surface area (Å²) >= 11 is 0. The highest BCUT2D eigenvalue weighted by Gasteiger charge is 2.15. The van der Waals surface area contributed by atoms with Crippen LogP contribution in [0.4, 0.5) is 0 Å². The third kappa shape index (κ3) is 7.12. The first-order valence-corrected chi connectivity index (χ1v) is 11.8. The van der Waals surface area contributed by atoms with Crippen LogP contribution in [0, 0.1) is 11.8 Å². The minimum Gasteiger partial charge on any atom is -0.312 e. The fourth-order valence-corrected chi connectivity index (χ4v) is 5.35. The SMILES string of the molecule is Cl.Cl.c1ccc2c(CNCC3CCCCC3)c(CNCC3CCCCC3)ccc2c1. The third-order valence-electron chi connectivity index (χ3n) is 7.07. The van der Waals surface area contributed by atoms with E-state index in [1.54, 1.807) is 0 Å². The van der Waals surface area contributed by atoms with Crippen LogP contribution in [0.1, 0.15) is 75.3 Å². The zero-order valence-electron chi connectivity index (χ0n) is 18.3. The van der Waals surface area contributed by atoms with Crippen LogP contribution in [0.2, 0.25) is 0 Å². The second-order valence-electron chi connectivity index (χ2n) is 9.19. The lowest BCUT2D eigenvalue weighted by Gasteiger charge is -2.23. The number of nitrogens with one attached hydrogen (secondary N) is 2. The maximum absolute atomic E-state index is 3.82. The van der Waals surface area contributed by atoms with Crippen molar-refractivity contribution in [2.45, 2.75) is 77.3 Å². The van der Waals surface area contributed by atoms with E-state index in [4.69, 9.17) is 0 Å². The van der Waals surface area contributed by atoms with E-state index >= 15 is 0 Å². The predicted octanol–water partition coefficient (Wildman–Crippen LogP) is 7.02. The second-order valence-corrected chi connectivity index (χ2v) is 9.19. The molecule has 2 aliphatic rings. The van der Waals surface area contributed by atoms with Gasteiger partial charge in [-0.2, -0.15) is 0 Å². The van der Waals surface area contributed by atoms with Gasteiger partial charge in [0.2, 0.25) is 0 Å². The van der Waals surface area contributed by atoms with Crippen LogP contribution in [0.3, 0.4) is 0 Å². The third-order valence-corrected chi connectivity index (χ3v) is 7.07. The van der Waals surface area contributed by atoms with Crippen LogP contribution < -0.4 is 10.6 Å². The van der Waals surface area contributed by atoms with Crippen LogP contribution >= 0.6 is 24.8 Å². The van der Waals surface area contributed by atoms with Crippen molar-refractivity contribution in [3.05, 3.63) is 47.5 Å². The Labute approximate surface area is 195 Å². The van der Waals surface area contributed by atoms with Crippen molar-refractivity contribution in [2.75, 3.05) is 13.1 Å². The average molecular weight is 452 g/mol. The van der Waals surface area contributed by atoms with E-state index in [-0.39, 0.29) is 24.8 Å². The van der Waals surface area contributed by atoms with Crippen LogP contribution in [0.25, 0.3) is 10.8 Å². The summed E-state index contributed by atoms with van der Waals surface area (Å²) in [4.78, 5) is 0. The van der Waals surface area contributed by atoms with Crippen molar-refractivity contribution in [3.63, 3.8) is 0 Å². The normalized spacial score (nSPS) is 18.0. The summed E-state index contributed by atoms with van der Waals surface area (Å²) in [6.45, 7) is 4.36. The van der Waals surface area contributed by atoms with E-state index in [1.807, 2.05) is 0 Å². The van der Waals surface area contributed by atoms with Gasteiger partial charge in [0.1, 0.15) is 0 Å². The zero-order chi connectivity index (χ0) is 19.0. The van der Waals surface area contributed by atoms with Gasteiger partial charge < -0.3 is 10.6 Å². The fraction of sp³-hybridized carbons (Fsp3) is 0.615. The van der Waals surface area contributed by atoms with Crippen molar-refractivity contribution in [1.29, 1.82) is 0 Å². The Balaban J connectivity index is 0.00000160. The van der Waals surface area contributed by atoms with E-state index in [0.29, 0.717) is 0 Å². The Morgan fingerprint density at radius 2 is 1.20 bits per heavy atom. The molecular formula is C26H40Cl2N2. The molecule has 0 saturated heterocycles. The number of fused-ring (bicyclic) bond motifs is 1. The highest BCUT2D eigenvalue weighted by atomic mass is 35.5. The zero-order valence-corrected chi connectivity index (χ0v) is 20.0. The summed E-state index contributed by atoms with van der Waals surface area (Å²) in [5, 5.41) is 10.4. The first-order valence-electron chi connectivity index (χ1n) is 11.8. The monoisotopic (exact) mass is 450 g/mol. The Morgan fingerprint density at radius 1 is 0.633 bits per heavy atom. The molecule has 2 aliphatic carbocycles. The van der Waals surface area contributed by atoms with Crippen molar-refractivity contribution in [1.82, 2.24) is 10.6 Å². The molecule has 0 aromatic heterocycles. The maximum Gasteiger partial charge on any atom is 0.0215 e. The van der Waals surface area contributed by atoms with Gasteiger partial charge in [-0.15, -0.1) is 24.8 Å². The van der Waals surface area contributed by atoms with E-state index in [2.05, 4.69) is 47.0 Å². The van der Waals surface area contributed by atoms with E-state index in [0.717, 1.165) is 24.9 Å². The lowest BCUT2D eigenvalue weighted by atomic mass is 9.89. The van der Waals surface area contributed by atoms with Crippen LogP contribution in [-0.4, -0.2) is 13.1 Å². The predicted molar refractivity (Wildman–Crippen MR) is 135 cm³/mol. The van der Waals surface area contributed by atoms with Crippen molar-refractivity contribution < 1.29 is 0 Å². The molecule has 2 fully saturated rings. The quantitative estimate of drug-likeness (QED) is 0.451. The molecule has 2 saturated carbocycles. The van der Waals surface area contributed by atoms with Crippen LogP contribution in [0.15, 0.2) is 36.4 Å². The van der Waals surface area contributed by atoms with Gasteiger partial charge in [0, 0.05) is 13.1 Å². The summed E-state index contributed by atoms with van der Waals surface area (Å²) in [5.74, 6) is 1.78. The molecule has 0 aliphatic heterocycles. The maximum atomic E-state index is 3.82. The minimum absolute atomic E-state index is 0. The lowest BCUT2D eigenvalue weighted by Crippen LogP contribution is -2.26. The molecule has 0 radical (unpaired) electrons. The molecule has 168 valence electrons. The van der Waals surface area contributed by atoms with Gasteiger partial charge in [0.15, 0.2) is 0 Å². The lowest BCUT2D eigenvalue weighted by molar-refractivity contribution is 0.340. The van der Waals surface area contributed by atoms with Crippen LogP contribution in [-0.2, 0) is 13.1 Å². The number of halogens is 2. The Bertz CT molecular complexity index is 737. The molecule has 2 aromatic rings. The van der Waals surface area contributed by atoms with Gasteiger partial charge in [-0.25, -0.2) is 0 Å². The Morgan fingerprint density at radius 3 is 1.83 bits per heavy atom. The molecular weight excluding hydrogens is 411 g/mol. The van der Waals surface area contributed by atoms with Crippen molar-refractivity contribution in [3.8, 4) is 0 Å². The number of hydrogen-bond acceptors (Lipinski definition) is 2. The first-order chi connectivity index (χ1) is 13.9. The van der Waals surface area contributed by atoms with Gasteiger partial charge in [-0.3, -0.25) is 0 Å². The molecule has 2 aromatic carbocycles. The molecule has 0 spiro atoms. The fourth-order valence-electron chi connectivity index (χ4n) is 5.35. The molecule has 2 N–H and O–H groups in total.